The first-order chi connectivity index (χ1) is 5.41. The Morgan fingerprint density at radius 3 is 2.33 bits per heavy atom. The molecule has 1 saturated heterocycles. The summed E-state index contributed by atoms with van der Waals surface area (Å²) in [5, 5.41) is 9.17. The van der Waals surface area contributed by atoms with Gasteiger partial charge in [-0.15, -0.1) is 0 Å². The molecule has 3 N–H and O–H groups in total. The minimum atomic E-state index is -0.395. The molecule has 0 aliphatic carbocycles. The third kappa shape index (κ3) is 2.44. The summed E-state index contributed by atoms with van der Waals surface area (Å²) >= 11 is 0. The van der Waals surface area contributed by atoms with Crippen molar-refractivity contribution in [2.75, 3.05) is 19.6 Å². The van der Waals surface area contributed by atoms with Gasteiger partial charge in [0.15, 0.2) is 0 Å². The smallest absolute Gasteiger partial charge is 0.0675 e. The lowest BCUT2D eigenvalue weighted by molar-refractivity contribution is 0.0129. The number of hydrogen-bond acceptors (Lipinski definition) is 3. The molecule has 0 amide bonds. The standard InChI is InChI=1S/C9H20N2O/c1-7(12)8(10)4-11-5-9(2,3)6-11/h7-8,12H,4-6,10H2,1-3H3. The Morgan fingerprint density at radius 2 is 2.00 bits per heavy atom. The predicted octanol–water partition coefficient (Wildman–Crippen LogP) is 0.0363. The van der Waals surface area contributed by atoms with Gasteiger partial charge in [-0.2, -0.15) is 0 Å². The molecule has 1 aliphatic rings. The van der Waals surface area contributed by atoms with Crippen LogP contribution in [0.15, 0.2) is 0 Å². The maximum atomic E-state index is 9.17. The summed E-state index contributed by atoms with van der Waals surface area (Å²) in [7, 11) is 0. The highest BCUT2D eigenvalue weighted by Crippen LogP contribution is 2.28. The molecule has 0 aromatic rings. The molecule has 2 atom stereocenters. The van der Waals surface area contributed by atoms with Crippen molar-refractivity contribution in [3.8, 4) is 0 Å². The van der Waals surface area contributed by atoms with Crippen LogP contribution in [-0.4, -0.2) is 41.8 Å². The first-order valence-electron chi connectivity index (χ1n) is 4.57. The van der Waals surface area contributed by atoms with Crippen LogP contribution in [0.2, 0.25) is 0 Å². The lowest BCUT2D eigenvalue weighted by Crippen LogP contribution is -2.57. The van der Waals surface area contributed by atoms with Gasteiger partial charge in [0.25, 0.3) is 0 Å². The Hall–Kier alpha value is -0.120. The summed E-state index contributed by atoms with van der Waals surface area (Å²) < 4.78 is 0. The van der Waals surface area contributed by atoms with Crippen molar-refractivity contribution in [2.45, 2.75) is 32.9 Å². The maximum Gasteiger partial charge on any atom is 0.0675 e. The third-order valence-electron chi connectivity index (χ3n) is 2.39. The van der Waals surface area contributed by atoms with E-state index >= 15 is 0 Å². The van der Waals surface area contributed by atoms with Gasteiger partial charge in [-0.1, -0.05) is 13.8 Å². The summed E-state index contributed by atoms with van der Waals surface area (Å²) in [4.78, 5) is 2.29. The number of likely N-dealkylation sites (tertiary alicyclic amines) is 1. The van der Waals surface area contributed by atoms with Gasteiger partial charge in [0.1, 0.15) is 0 Å². The summed E-state index contributed by atoms with van der Waals surface area (Å²) in [6.45, 7) is 9.27. The number of nitrogens with zero attached hydrogens (tertiary/aromatic N) is 1. The average molecular weight is 172 g/mol. The molecule has 0 spiro atoms. The van der Waals surface area contributed by atoms with E-state index in [1.807, 2.05) is 0 Å². The zero-order valence-corrected chi connectivity index (χ0v) is 8.25. The third-order valence-corrected chi connectivity index (χ3v) is 2.39. The van der Waals surface area contributed by atoms with Gasteiger partial charge in [-0.3, -0.25) is 0 Å². The highest BCUT2D eigenvalue weighted by molar-refractivity contribution is 4.89. The van der Waals surface area contributed by atoms with Crippen LogP contribution >= 0.6 is 0 Å². The molecule has 3 nitrogen and oxygen atoms in total. The van der Waals surface area contributed by atoms with Crippen molar-refractivity contribution in [1.29, 1.82) is 0 Å². The van der Waals surface area contributed by atoms with Crippen LogP contribution in [-0.2, 0) is 0 Å². The number of rotatable bonds is 3. The molecule has 0 bridgehead atoms. The Labute approximate surface area is 74.5 Å². The minimum Gasteiger partial charge on any atom is -0.392 e. The van der Waals surface area contributed by atoms with Crippen molar-refractivity contribution in [2.24, 2.45) is 11.1 Å². The topological polar surface area (TPSA) is 49.5 Å². The fourth-order valence-corrected chi connectivity index (χ4v) is 1.74. The number of hydrogen-bond donors (Lipinski definition) is 2. The largest absolute Gasteiger partial charge is 0.392 e. The van der Waals surface area contributed by atoms with Crippen molar-refractivity contribution in [3.05, 3.63) is 0 Å². The molecule has 72 valence electrons. The summed E-state index contributed by atoms with van der Waals surface area (Å²) in [5.74, 6) is 0. The van der Waals surface area contributed by atoms with E-state index in [0.29, 0.717) is 5.41 Å². The molecule has 0 aromatic heterocycles. The SMILES string of the molecule is CC(O)C(N)CN1CC(C)(C)C1. The molecule has 1 aliphatic heterocycles. The zero-order chi connectivity index (χ0) is 9.35. The van der Waals surface area contributed by atoms with E-state index in [4.69, 9.17) is 10.8 Å². The summed E-state index contributed by atoms with van der Waals surface area (Å²) in [6.07, 6.45) is -0.395. The number of aliphatic hydroxyl groups is 1. The highest BCUT2D eigenvalue weighted by atomic mass is 16.3. The predicted molar refractivity (Wildman–Crippen MR) is 49.9 cm³/mol. The molecule has 0 aromatic carbocycles. The number of nitrogens with two attached hydrogens (primary N) is 1. The van der Waals surface area contributed by atoms with Crippen molar-refractivity contribution in [3.63, 3.8) is 0 Å². The van der Waals surface area contributed by atoms with Crippen LogP contribution < -0.4 is 5.73 Å². The monoisotopic (exact) mass is 172 g/mol. The van der Waals surface area contributed by atoms with Gasteiger partial charge < -0.3 is 15.7 Å². The fourth-order valence-electron chi connectivity index (χ4n) is 1.74. The fraction of sp³-hybridized carbons (Fsp3) is 1.00. The quantitative estimate of drug-likeness (QED) is 0.632. The van der Waals surface area contributed by atoms with Crippen LogP contribution in [0.5, 0.6) is 0 Å². The van der Waals surface area contributed by atoms with Gasteiger partial charge in [-0.05, 0) is 12.3 Å². The maximum absolute atomic E-state index is 9.17. The molecule has 1 rings (SSSR count). The summed E-state index contributed by atoms with van der Waals surface area (Å²) in [5.41, 5.74) is 6.18. The van der Waals surface area contributed by atoms with Crippen molar-refractivity contribution in [1.82, 2.24) is 4.90 Å². The molecule has 1 fully saturated rings. The van der Waals surface area contributed by atoms with Gasteiger partial charge in [-0.25, -0.2) is 0 Å². The second kappa shape index (κ2) is 3.32. The summed E-state index contributed by atoms with van der Waals surface area (Å²) in [6, 6.07) is -0.0962. The van der Waals surface area contributed by atoms with Crippen molar-refractivity contribution >= 4 is 0 Å². The Balaban J connectivity index is 2.19. The molecular formula is C9H20N2O. The Morgan fingerprint density at radius 1 is 1.50 bits per heavy atom. The molecule has 2 unspecified atom stereocenters. The van der Waals surface area contributed by atoms with E-state index in [2.05, 4.69) is 18.7 Å². The van der Waals surface area contributed by atoms with Crippen LogP contribution in [0.3, 0.4) is 0 Å². The van der Waals surface area contributed by atoms with Crippen LogP contribution in [0, 0.1) is 5.41 Å². The first kappa shape index (κ1) is 9.96. The number of aliphatic hydroxyl groups excluding tert-OH is 1. The van der Waals surface area contributed by atoms with Gasteiger partial charge in [0, 0.05) is 25.7 Å². The zero-order valence-electron chi connectivity index (χ0n) is 8.25. The van der Waals surface area contributed by atoms with Gasteiger partial charge in [0.2, 0.25) is 0 Å². The van der Waals surface area contributed by atoms with Gasteiger partial charge >= 0.3 is 0 Å². The van der Waals surface area contributed by atoms with E-state index in [1.165, 1.54) is 0 Å². The normalized spacial score (nSPS) is 27.8. The van der Waals surface area contributed by atoms with Crippen LogP contribution in [0.1, 0.15) is 20.8 Å². The van der Waals surface area contributed by atoms with E-state index < -0.39 is 6.10 Å². The van der Waals surface area contributed by atoms with E-state index in [1.54, 1.807) is 6.92 Å². The molecule has 1 heterocycles. The molecule has 12 heavy (non-hydrogen) atoms. The second-order valence-electron chi connectivity index (χ2n) is 4.74. The Kier molecular flexibility index (Phi) is 2.76. The molecular weight excluding hydrogens is 152 g/mol. The van der Waals surface area contributed by atoms with Gasteiger partial charge in [0.05, 0.1) is 6.10 Å². The highest BCUT2D eigenvalue weighted by Gasteiger charge is 2.34. The first-order valence-corrected chi connectivity index (χ1v) is 4.57. The average Bonchev–Trinajstić information content (AvgIpc) is 1.83. The van der Waals surface area contributed by atoms with E-state index in [9.17, 15) is 0 Å². The lowest BCUT2D eigenvalue weighted by Gasteiger charge is -2.47. The van der Waals surface area contributed by atoms with Crippen molar-refractivity contribution < 1.29 is 5.11 Å². The second-order valence-corrected chi connectivity index (χ2v) is 4.74. The molecule has 0 radical (unpaired) electrons. The van der Waals surface area contributed by atoms with E-state index in [0.717, 1.165) is 19.6 Å². The van der Waals surface area contributed by atoms with E-state index in [-0.39, 0.29) is 6.04 Å². The molecule has 0 saturated carbocycles. The Bertz CT molecular complexity index is 149. The minimum absolute atomic E-state index is 0.0962. The molecule has 3 heteroatoms. The van der Waals surface area contributed by atoms with Crippen LogP contribution in [0.25, 0.3) is 0 Å². The van der Waals surface area contributed by atoms with Crippen LogP contribution in [0.4, 0.5) is 0 Å². The lowest BCUT2D eigenvalue weighted by atomic mass is 9.84.